The summed E-state index contributed by atoms with van der Waals surface area (Å²) in [5, 5.41) is 69.9. The second kappa shape index (κ2) is 9.02. The molecule has 6 N–H and O–H groups in total. The fourth-order valence-corrected chi connectivity index (χ4v) is 11.2. The van der Waals surface area contributed by atoms with E-state index in [-0.39, 0.29) is 12.2 Å². The van der Waals surface area contributed by atoms with E-state index < -0.39 is 130 Å². The Morgan fingerprint density at radius 3 is 2.19 bits per heavy atom. The van der Waals surface area contributed by atoms with Gasteiger partial charge in [-0.05, 0) is 64.9 Å². The van der Waals surface area contributed by atoms with Crippen LogP contribution in [0, 0.1) is 51.8 Å². The molecule has 3 saturated carbocycles. The van der Waals surface area contributed by atoms with Gasteiger partial charge in [-0.2, -0.15) is 0 Å². The molecular formula is C31H42O12. The summed E-state index contributed by atoms with van der Waals surface area (Å²) < 4.78 is 11.1. The number of ketones is 3. The fraction of sp³-hybridized carbons (Fsp3) is 0.806. The van der Waals surface area contributed by atoms with E-state index in [0.29, 0.717) is 0 Å². The Hall–Kier alpha value is -2.06. The quantitative estimate of drug-likeness (QED) is 0.165. The van der Waals surface area contributed by atoms with Crippen LogP contribution in [0.2, 0.25) is 0 Å². The first-order valence-electron chi connectivity index (χ1n) is 15.1. The monoisotopic (exact) mass is 606 g/mol. The molecule has 0 amide bonds. The highest BCUT2D eigenvalue weighted by Gasteiger charge is 2.82. The Morgan fingerprint density at radius 1 is 1.00 bits per heavy atom. The van der Waals surface area contributed by atoms with Crippen molar-refractivity contribution in [3.8, 4) is 0 Å². The lowest BCUT2D eigenvalue weighted by molar-refractivity contribution is -0.224. The number of Topliss-reactive ketones (excluding diaryl/α,β-unsaturated/α-hetero) is 3. The number of carbonyl (C=O) groups excluding carboxylic acids is 4. The molecule has 0 bridgehead atoms. The lowest BCUT2D eigenvalue weighted by Crippen LogP contribution is -2.72. The van der Waals surface area contributed by atoms with Crippen molar-refractivity contribution in [3.05, 3.63) is 11.8 Å². The summed E-state index contributed by atoms with van der Waals surface area (Å²) in [6.45, 7) is 7.33. The van der Waals surface area contributed by atoms with E-state index >= 15 is 0 Å². The van der Waals surface area contributed by atoms with Gasteiger partial charge in [0.1, 0.15) is 30.0 Å². The average Bonchev–Trinajstić information content (AvgIpc) is 3.56. The highest BCUT2D eigenvalue weighted by atomic mass is 16.6. The normalized spacial score (nSPS) is 56.6. The Morgan fingerprint density at radius 2 is 1.63 bits per heavy atom. The molecule has 0 aromatic rings. The minimum Gasteiger partial charge on any atom is -0.429 e. The molecule has 43 heavy (non-hydrogen) atoms. The third kappa shape index (κ3) is 3.25. The lowest BCUT2D eigenvalue weighted by Gasteiger charge is -2.60. The Labute approximate surface area is 249 Å². The van der Waals surface area contributed by atoms with Gasteiger partial charge in [0.2, 0.25) is 0 Å². The summed E-state index contributed by atoms with van der Waals surface area (Å²) in [4.78, 5) is 54.5. The van der Waals surface area contributed by atoms with Gasteiger partial charge in [0.25, 0.3) is 0 Å². The first kappa shape index (κ1) is 30.9. The van der Waals surface area contributed by atoms with Gasteiger partial charge >= 0.3 is 5.97 Å². The molecule has 0 spiro atoms. The van der Waals surface area contributed by atoms with Crippen molar-refractivity contribution < 1.29 is 59.3 Å². The molecule has 238 valence electrons. The largest absolute Gasteiger partial charge is 0.429 e. The summed E-state index contributed by atoms with van der Waals surface area (Å²) in [6.07, 6.45) is -4.91. The third-order valence-electron chi connectivity index (χ3n) is 13.0. The van der Waals surface area contributed by atoms with Crippen molar-refractivity contribution in [1.82, 2.24) is 0 Å². The van der Waals surface area contributed by atoms with Gasteiger partial charge in [0, 0.05) is 24.2 Å². The molecule has 16 unspecified atom stereocenters. The van der Waals surface area contributed by atoms with E-state index in [1.165, 1.54) is 27.7 Å². The molecule has 4 aliphatic carbocycles. The maximum atomic E-state index is 14.0. The molecule has 12 heteroatoms. The van der Waals surface area contributed by atoms with Crippen molar-refractivity contribution in [2.75, 3.05) is 6.61 Å². The topological polar surface area (TPSA) is 211 Å². The summed E-state index contributed by atoms with van der Waals surface area (Å²) in [6, 6.07) is 0. The van der Waals surface area contributed by atoms with E-state index in [1.54, 1.807) is 19.9 Å². The zero-order valence-electron chi connectivity index (χ0n) is 25.2. The molecule has 2 heterocycles. The predicted molar refractivity (Wildman–Crippen MR) is 144 cm³/mol. The van der Waals surface area contributed by atoms with Crippen LogP contribution in [-0.2, 0) is 28.7 Å². The van der Waals surface area contributed by atoms with Crippen molar-refractivity contribution in [2.45, 2.75) is 96.1 Å². The summed E-state index contributed by atoms with van der Waals surface area (Å²) in [5.74, 6) is -9.63. The number of rotatable bonds is 5. The van der Waals surface area contributed by atoms with Crippen molar-refractivity contribution in [1.29, 1.82) is 0 Å². The van der Waals surface area contributed by atoms with Crippen LogP contribution >= 0.6 is 0 Å². The maximum Gasteiger partial charge on any atom is 0.343 e. The van der Waals surface area contributed by atoms with Gasteiger partial charge in [0.05, 0.1) is 46.3 Å². The second-order valence-corrected chi connectivity index (χ2v) is 14.6. The van der Waals surface area contributed by atoms with E-state index in [0.717, 1.165) is 0 Å². The van der Waals surface area contributed by atoms with E-state index in [2.05, 4.69) is 0 Å². The molecular weight excluding hydrogens is 564 g/mol. The zero-order chi connectivity index (χ0) is 32.0. The third-order valence-corrected chi connectivity index (χ3v) is 13.0. The van der Waals surface area contributed by atoms with E-state index in [9.17, 15) is 49.8 Å². The van der Waals surface area contributed by atoms with Crippen LogP contribution in [0.4, 0.5) is 0 Å². The van der Waals surface area contributed by atoms with Crippen LogP contribution in [0.15, 0.2) is 11.8 Å². The standard InChI is InChI=1S/C31H42O12/c1-11-7-18-28(5,29(6,41)26(39)43-18)22-20(11)30(12(2)33)17(36)8-14(19(15(35)10-32)21(30)23(22)37)31(13(3)34)25(38)24-16(42-24)9-27(31,4)40/h7,11,14,16-17,19-25,32,36-38,40-41H,8-10H2,1-6H3. The summed E-state index contributed by atoms with van der Waals surface area (Å²) >= 11 is 0. The van der Waals surface area contributed by atoms with Crippen LogP contribution in [0.25, 0.3) is 0 Å². The van der Waals surface area contributed by atoms with E-state index in [4.69, 9.17) is 9.47 Å². The number of ether oxygens (including phenoxy) is 2. The van der Waals surface area contributed by atoms with Gasteiger partial charge in [-0.3, -0.25) is 14.4 Å². The minimum absolute atomic E-state index is 0.0397. The number of hydrogen-bond donors (Lipinski definition) is 6. The zero-order valence-corrected chi connectivity index (χ0v) is 25.2. The smallest absolute Gasteiger partial charge is 0.343 e. The molecule has 16 atom stereocenters. The molecule has 5 fully saturated rings. The molecule has 6 aliphatic rings. The van der Waals surface area contributed by atoms with Crippen LogP contribution in [-0.4, -0.2) is 102 Å². The SMILES string of the molecule is CC(=O)C12C(O)CC(C3(C(C)=O)C(O)C4OC4CC3(C)O)C(C(=O)CO)C1C(O)C1C2C(C)C=C2OC(=O)C(C)(O)C21C. The molecule has 2 saturated heterocycles. The number of aliphatic hydroxyl groups excluding tert-OH is 4. The average molecular weight is 607 g/mol. The fourth-order valence-electron chi connectivity index (χ4n) is 11.2. The number of epoxide rings is 1. The van der Waals surface area contributed by atoms with Crippen molar-refractivity contribution >= 4 is 23.3 Å². The number of allylic oxidation sites excluding steroid dienone is 1. The first-order valence-corrected chi connectivity index (χ1v) is 15.1. The van der Waals surface area contributed by atoms with Gasteiger partial charge in [0.15, 0.2) is 11.4 Å². The predicted octanol–water partition coefficient (Wildman–Crippen LogP) is -0.951. The molecule has 0 radical (unpaired) electrons. The minimum atomic E-state index is -2.14. The Bertz CT molecular complexity index is 1340. The van der Waals surface area contributed by atoms with Gasteiger partial charge < -0.3 is 40.1 Å². The highest BCUT2D eigenvalue weighted by Crippen LogP contribution is 2.74. The Balaban J connectivity index is 1.61. The number of aliphatic hydroxyl groups is 6. The van der Waals surface area contributed by atoms with Crippen LogP contribution in [0.3, 0.4) is 0 Å². The van der Waals surface area contributed by atoms with Crippen molar-refractivity contribution in [2.24, 2.45) is 51.8 Å². The maximum absolute atomic E-state index is 14.0. The highest BCUT2D eigenvalue weighted by molar-refractivity contribution is 5.92. The van der Waals surface area contributed by atoms with Gasteiger partial charge in [-0.1, -0.05) is 6.92 Å². The van der Waals surface area contributed by atoms with Gasteiger partial charge in [-0.25, -0.2) is 4.79 Å². The number of carbonyl (C=O) groups is 4. The number of fused-ring (bicyclic) bond motifs is 6. The molecule has 0 aromatic heterocycles. The van der Waals surface area contributed by atoms with Crippen LogP contribution in [0.5, 0.6) is 0 Å². The van der Waals surface area contributed by atoms with E-state index in [1.807, 2.05) is 0 Å². The molecule has 0 aromatic carbocycles. The molecule has 6 rings (SSSR count). The van der Waals surface area contributed by atoms with Crippen molar-refractivity contribution in [3.63, 3.8) is 0 Å². The number of hydrogen-bond acceptors (Lipinski definition) is 12. The lowest BCUT2D eigenvalue weighted by atomic mass is 9.43. The first-order chi connectivity index (χ1) is 19.8. The summed E-state index contributed by atoms with van der Waals surface area (Å²) in [7, 11) is 0. The second-order valence-electron chi connectivity index (χ2n) is 14.6. The molecule has 12 nitrogen and oxygen atoms in total. The molecule has 2 aliphatic heterocycles. The van der Waals surface area contributed by atoms with Crippen LogP contribution < -0.4 is 0 Å². The Kier molecular flexibility index (Phi) is 6.49. The summed E-state index contributed by atoms with van der Waals surface area (Å²) in [5.41, 5.74) is -9.51. The van der Waals surface area contributed by atoms with Crippen LogP contribution in [0.1, 0.15) is 54.4 Å². The van der Waals surface area contributed by atoms with Gasteiger partial charge in [-0.15, -0.1) is 0 Å². The number of esters is 1.